The van der Waals surface area contributed by atoms with Gasteiger partial charge in [0.1, 0.15) is 0 Å². The molecule has 1 heteroatoms. The Balaban J connectivity index is 1.81. The Morgan fingerprint density at radius 3 is 1.39 bits per heavy atom. The molecular weight excluding hydrogens is 388 g/mol. The second-order valence-corrected chi connectivity index (χ2v) is 12.0. The standard InChI is InChI=1S/C30H26Si/c1-5-14-25(15-6-1)24-26-16-13-23-30(26)31(27-17-7-2-8-18-27,28-19-9-3-10-20-28)29-21-11-4-12-22-29/h1-22H,23-24H2. The molecule has 0 saturated heterocycles. The van der Waals surface area contributed by atoms with Gasteiger partial charge in [0.15, 0.2) is 8.07 Å². The summed E-state index contributed by atoms with van der Waals surface area (Å²) in [6, 6.07) is 44.5. The van der Waals surface area contributed by atoms with Crippen LogP contribution in [-0.2, 0) is 6.42 Å². The predicted octanol–water partition coefficient (Wildman–Crippen LogP) is 5.20. The van der Waals surface area contributed by atoms with Crippen molar-refractivity contribution in [2.45, 2.75) is 12.8 Å². The quantitative estimate of drug-likeness (QED) is 0.301. The lowest BCUT2D eigenvalue weighted by atomic mass is 10.1. The number of hydrogen-bond acceptors (Lipinski definition) is 0. The van der Waals surface area contributed by atoms with Crippen molar-refractivity contribution in [1.29, 1.82) is 0 Å². The number of benzene rings is 4. The highest BCUT2D eigenvalue weighted by atomic mass is 28.3. The van der Waals surface area contributed by atoms with E-state index in [1.165, 1.54) is 26.7 Å². The fourth-order valence-corrected chi connectivity index (χ4v) is 10.2. The zero-order valence-corrected chi connectivity index (χ0v) is 18.6. The third kappa shape index (κ3) is 3.62. The van der Waals surface area contributed by atoms with Crippen LogP contribution in [-0.4, -0.2) is 8.07 Å². The van der Waals surface area contributed by atoms with Crippen LogP contribution in [0.3, 0.4) is 0 Å². The second kappa shape index (κ2) is 8.75. The molecule has 0 radical (unpaired) electrons. The SMILES string of the molecule is C1=CC(Cc2ccccc2)=C([Si](c2ccccc2)(c2ccccc2)c2ccccc2)C1. The van der Waals surface area contributed by atoms with Gasteiger partial charge in [-0.25, -0.2) is 0 Å². The molecule has 0 N–H and O–H groups in total. The van der Waals surface area contributed by atoms with Crippen LogP contribution in [0.1, 0.15) is 12.0 Å². The van der Waals surface area contributed by atoms with Gasteiger partial charge in [0.05, 0.1) is 0 Å². The van der Waals surface area contributed by atoms with Crippen molar-refractivity contribution in [1.82, 2.24) is 0 Å². The molecule has 0 atom stereocenters. The number of hydrogen-bond donors (Lipinski definition) is 0. The molecule has 0 unspecified atom stereocenters. The van der Waals surface area contributed by atoms with Gasteiger partial charge in [-0.05, 0) is 39.5 Å². The average molecular weight is 415 g/mol. The van der Waals surface area contributed by atoms with E-state index in [4.69, 9.17) is 0 Å². The van der Waals surface area contributed by atoms with Gasteiger partial charge in [-0.1, -0.05) is 139 Å². The van der Waals surface area contributed by atoms with E-state index in [1.54, 1.807) is 5.20 Å². The summed E-state index contributed by atoms with van der Waals surface area (Å²) in [6.07, 6.45) is 6.74. The smallest absolute Gasteiger partial charge is 0.0805 e. The third-order valence-corrected chi connectivity index (χ3v) is 11.4. The van der Waals surface area contributed by atoms with Gasteiger partial charge in [0.2, 0.25) is 0 Å². The van der Waals surface area contributed by atoms with E-state index in [-0.39, 0.29) is 0 Å². The first-order valence-electron chi connectivity index (χ1n) is 11.0. The molecular formula is C30H26Si. The van der Waals surface area contributed by atoms with Crippen LogP contribution in [0.25, 0.3) is 0 Å². The number of allylic oxidation sites excluding steroid dienone is 4. The summed E-state index contributed by atoms with van der Waals surface area (Å²) in [5.74, 6) is 0. The van der Waals surface area contributed by atoms with Crippen molar-refractivity contribution < 1.29 is 0 Å². The highest BCUT2D eigenvalue weighted by molar-refractivity contribution is 7.16. The van der Waals surface area contributed by atoms with Gasteiger partial charge in [-0.15, -0.1) is 0 Å². The molecule has 0 aliphatic heterocycles. The Morgan fingerprint density at radius 2 is 0.935 bits per heavy atom. The molecule has 5 rings (SSSR count). The van der Waals surface area contributed by atoms with E-state index >= 15 is 0 Å². The van der Waals surface area contributed by atoms with Crippen LogP contribution in [0, 0.1) is 0 Å². The Morgan fingerprint density at radius 1 is 0.516 bits per heavy atom. The molecule has 0 heterocycles. The second-order valence-electron chi connectivity index (χ2n) is 8.12. The lowest BCUT2D eigenvalue weighted by molar-refractivity contribution is 1.18. The molecule has 0 aromatic heterocycles. The number of rotatable bonds is 6. The fraction of sp³-hybridized carbons (Fsp3) is 0.0667. The predicted molar refractivity (Wildman–Crippen MR) is 135 cm³/mol. The van der Waals surface area contributed by atoms with Crippen molar-refractivity contribution in [2.75, 3.05) is 0 Å². The minimum absolute atomic E-state index is 0.980. The van der Waals surface area contributed by atoms with Crippen LogP contribution in [0.2, 0.25) is 0 Å². The summed E-state index contributed by atoms with van der Waals surface area (Å²) >= 11 is 0. The minimum atomic E-state index is -2.39. The summed E-state index contributed by atoms with van der Waals surface area (Å²) in [5, 5.41) is 5.98. The monoisotopic (exact) mass is 414 g/mol. The Kier molecular flexibility index (Phi) is 5.51. The summed E-state index contributed by atoms with van der Waals surface area (Å²) in [7, 11) is -2.39. The van der Waals surface area contributed by atoms with E-state index in [9.17, 15) is 0 Å². The van der Waals surface area contributed by atoms with Crippen molar-refractivity contribution >= 4 is 23.6 Å². The largest absolute Gasteiger partial charge is 0.176 e. The van der Waals surface area contributed by atoms with Gasteiger partial charge < -0.3 is 0 Å². The van der Waals surface area contributed by atoms with Gasteiger partial charge in [0.25, 0.3) is 0 Å². The van der Waals surface area contributed by atoms with E-state index in [2.05, 4.69) is 133 Å². The lowest BCUT2D eigenvalue weighted by Crippen LogP contribution is -2.68. The molecule has 1 aliphatic rings. The van der Waals surface area contributed by atoms with E-state index < -0.39 is 8.07 Å². The van der Waals surface area contributed by atoms with E-state index in [0.29, 0.717) is 0 Å². The molecule has 4 aromatic carbocycles. The highest BCUT2D eigenvalue weighted by Crippen LogP contribution is 2.30. The Labute approximate surface area is 186 Å². The summed E-state index contributed by atoms with van der Waals surface area (Å²) in [6.45, 7) is 0. The molecule has 0 saturated carbocycles. The van der Waals surface area contributed by atoms with Crippen LogP contribution >= 0.6 is 0 Å². The minimum Gasteiger partial charge on any atom is -0.0805 e. The first-order chi connectivity index (χ1) is 15.4. The summed E-state index contributed by atoms with van der Waals surface area (Å²) in [5.41, 5.74) is 2.85. The molecule has 0 fully saturated rings. The zero-order chi connectivity index (χ0) is 20.9. The molecule has 0 nitrogen and oxygen atoms in total. The van der Waals surface area contributed by atoms with E-state index in [1.807, 2.05) is 0 Å². The zero-order valence-electron chi connectivity index (χ0n) is 17.6. The molecule has 1 aliphatic carbocycles. The van der Waals surface area contributed by atoms with Gasteiger partial charge >= 0.3 is 0 Å². The fourth-order valence-electron chi connectivity index (χ4n) is 5.01. The molecule has 4 aromatic rings. The van der Waals surface area contributed by atoms with Crippen molar-refractivity contribution in [3.63, 3.8) is 0 Å². The van der Waals surface area contributed by atoms with Crippen LogP contribution in [0.4, 0.5) is 0 Å². The average Bonchev–Trinajstić information content (AvgIpc) is 3.31. The van der Waals surface area contributed by atoms with Crippen molar-refractivity contribution in [3.05, 3.63) is 150 Å². The Bertz CT molecular complexity index is 1090. The van der Waals surface area contributed by atoms with Crippen LogP contribution < -0.4 is 15.6 Å². The molecule has 31 heavy (non-hydrogen) atoms. The lowest BCUT2D eigenvalue weighted by Gasteiger charge is -2.36. The topological polar surface area (TPSA) is 0 Å². The van der Waals surface area contributed by atoms with Gasteiger partial charge in [-0.2, -0.15) is 0 Å². The van der Waals surface area contributed by atoms with Gasteiger partial charge in [0, 0.05) is 0 Å². The van der Waals surface area contributed by atoms with E-state index in [0.717, 1.165) is 12.8 Å². The molecule has 150 valence electrons. The van der Waals surface area contributed by atoms with Gasteiger partial charge in [-0.3, -0.25) is 0 Å². The highest BCUT2D eigenvalue weighted by Gasteiger charge is 2.44. The third-order valence-electron chi connectivity index (χ3n) is 6.34. The van der Waals surface area contributed by atoms with Crippen LogP contribution in [0.5, 0.6) is 0 Å². The Hall–Kier alpha value is -3.42. The van der Waals surface area contributed by atoms with Crippen molar-refractivity contribution in [3.8, 4) is 0 Å². The first kappa shape index (κ1) is 19.5. The first-order valence-corrected chi connectivity index (χ1v) is 13.0. The molecule has 0 bridgehead atoms. The normalized spacial score (nSPS) is 13.5. The molecule has 0 amide bonds. The summed E-state index contributed by atoms with van der Waals surface area (Å²) < 4.78 is 0. The van der Waals surface area contributed by atoms with Crippen LogP contribution in [0.15, 0.2) is 144 Å². The maximum atomic E-state index is 2.37. The van der Waals surface area contributed by atoms with Crippen molar-refractivity contribution in [2.24, 2.45) is 0 Å². The maximum absolute atomic E-state index is 2.39. The molecule has 0 spiro atoms. The summed E-state index contributed by atoms with van der Waals surface area (Å²) in [4.78, 5) is 0. The maximum Gasteiger partial charge on any atom is 0.176 e.